The molecule has 1 aromatic heterocycles. The maximum Gasteiger partial charge on any atom is 0.433 e. The van der Waals surface area contributed by atoms with Crippen LogP contribution in [-0.2, 0) is 17.1 Å². The van der Waals surface area contributed by atoms with Gasteiger partial charge < -0.3 is 10.2 Å². The van der Waals surface area contributed by atoms with Gasteiger partial charge in [-0.25, -0.2) is 0 Å². The molecule has 0 amide bonds. The Morgan fingerprint density at radius 2 is 1.76 bits per heavy atom. The van der Waals surface area contributed by atoms with Crippen molar-refractivity contribution in [1.82, 2.24) is 9.78 Å². The number of rotatable bonds is 4. The summed E-state index contributed by atoms with van der Waals surface area (Å²) in [5.41, 5.74) is 4.71. The van der Waals surface area contributed by atoms with E-state index in [2.05, 4.69) is 39.0 Å². The molecule has 4 nitrogen and oxygen atoms in total. The van der Waals surface area contributed by atoms with Gasteiger partial charge in [0, 0.05) is 18.7 Å². The topological polar surface area (TPSA) is 53.1 Å². The zero-order chi connectivity index (χ0) is 19.0. The number of halogens is 3. The third-order valence-corrected chi connectivity index (χ3v) is 10.1. The SMILES string of the molecule is CC(C)(C)[Si](C)(C)O[C@H]1CC[C@@H](Cn2nc(N)cc2C(F)(F)F)CC1. The van der Waals surface area contributed by atoms with Crippen molar-refractivity contribution in [2.75, 3.05) is 5.73 Å². The Bertz CT molecular complexity index is 585. The van der Waals surface area contributed by atoms with E-state index in [-0.39, 0.29) is 29.4 Å². The van der Waals surface area contributed by atoms with Crippen LogP contribution in [0.4, 0.5) is 19.0 Å². The smallest absolute Gasteiger partial charge is 0.414 e. The van der Waals surface area contributed by atoms with Gasteiger partial charge in [-0.15, -0.1) is 0 Å². The number of aromatic nitrogens is 2. The fourth-order valence-corrected chi connectivity index (χ4v) is 4.50. The number of hydrogen-bond donors (Lipinski definition) is 1. The Morgan fingerprint density at radius 3 is 2.24 bits per heavy atom. The Kier molecular flexibility index (Phi) is 5.64. The number of hydrogen-bond acceptors (Lipinski definition) is 3. The molecule has 1 heterocycles. The zero-order valence-electron chi connectivity index (χ0n) is 15.8. The van der Waals surface area contributed by atoms with E-state index in [0.29, 0.717) is 0 Å². The molecule has 8 heteroatoms. The highest BCUT2D eigenvalue weighted by Crippen LogP contribution is 2.40. The van der Waals surface area contributed by atoms with Gasteiger partial charge in [0.1, 0.15) is 11.5 Å². The van der Waals surface area contributed by atoms with Crippen LogP contribution in [0.2, 0.25) is 18.1 Å². The quantitative estimate of drug-likeness (QED) is 0.746. The maximum absolute atomic E-state index is 13.0. The minimum Gasteiger partial charge on any atom is -0.414 e. The average molecular weight is 378 g/mol. The highest BCUT2D eigenvalue weighted by Gasteiger charge is 2.40. The molecule has 0 saturated heterocycles. The summed E-state index contributed by atoms with van der Waals surface area (Å²) in [5, 5.41) is 4.00. The van der Waals surface area contributed by atoms with Crippen molar-refractivity contribution in [3.63, 3.8) is 0 Å². The molecular formula is C17H30F3N3OSi. The predicted octanol–water partition coefficient (Wildman–Crippen LogP) is 5.06. The van der Waals surface area contributed by atoms with Gasteiger partial charge >= 0.3 is 6.18 Å². The van der Waals surface area contributed by atoms with Gasteiger partial charge in [0.25, 0.3) is 0 Å². The maximum atomic E-state index is 13.0. The number of alkyl halides is 3. The van der Waals surface area contributed by atoms with Crippen LogP contribution in [0, 0.1) is 5.92 Å². The molecule has 0 unspecified atom stereocenters. The number of anilines is 1. The van der Waals surface area contributed by atoms with Gasteiger partial charge in [0.2, 0.25) is 0 Å². The van der Waals surface area contributed by atoms with Crippen molar-refractivity contribution < 1.29 is 17.6 Å². The van der Waals surface area contributed by atoms with E-state index in [1.807, 2.05) is 0 Å². The summed E-state index contributed by atoms with van der Waals surface area (Å²) in [6.45, 7) is 11.4. The normalized spacial score (nSPS) is 23.0. The van der Waals surface area contributed by atoms with E-state index >= 15 is 0 Å². The molecule has 2 N–H and O–H groups in total. The van der Waals surface area contributed by atoms with Gasteiger partial charge in [-0.1, -0.05) is 20.8 Å². The molecule has 25 heavy (non-hydrogen) atoms. The third-order valence-electron chi connectivity index (χ3n) is 5.58. The average Bonchev–Trinajstić information content (AvgIpc) is 2.80. The molecule has 1 aliphatic rings. The number of nitrogens with zero attached hydrogens (tertiary/aromatic N) is 2. The van der Waals surface area contributed by atoms with Crippen molar-refractivity contribution >= 4 is 14.1 Å². The van der Waals surface area contributed by atoms with E-state index in [9.17, 15) is 13.2 Å². The second-order valence-electron chi connectivity index (χ2n) is 8.66. The van der Waals surface area contributed by atoms with Crippen LogP contribution >= 0.6 is 0 Å². The lowest BCUT2D eigenvalue weighted by Crippen LogP contribution is -2.44. The zero-order valence-corrected chi connectivity index (χ0v) is 16.8. The van der Waals surface area contributed by atoms with Crippen LogP contribution in [0.1, 0.15) is 52.1 Å². The van der Waals surface area contributed by atoms with E-state index < -0.39 is 20.2 Å². The minimum absolute atomic E-state index is 0.0812. The van der Waals surface area contributed by atoms with Crippen LogP contribution in [0.5, 0.6) is 0 Å². The molecular weight excluding hydrogens is 347 g/mol. The predicted molar refractivity (Wildman–Crippen MR) is 95.7 cm³/mol. The highest BCUT2D eigenvalue weighted by molar-refractivity contribution is 6.74. The molecule has 1 saturated carbocycles. The van der Waals surface area contributed by atoms with Gasteiger partial charge in [-0.2, -0.15) is 18.3 Å². The van der Waals surface area contributed by atoms with Crippen LogP contribution in [-0.4, -0.2) is 24.2 Å². The van der Waals surface area contributed by atoms with Crippen molar-refractivity contribution in [3.05, 3.63) is 11.8 Å². The second kappa shape index (κ2) is 6.94. The molecule has 1 fully saturated rings. The molecule has 1 aromatic rings. The molecule has 144 valence electrons. The first kappa shape index (κ1) is 20.3. The van der Waals surface area contributed by atoms with Gasteiger partial charge in [-0.05, 0) is 49.7 Å². The third kappa shape index (κ3) is 5.00. The first-order valence-corrected chi connectivity index (χ1v) is 11.8. The highest BCUT2D eigenvalue weighted by atomic mass is 28.4. The molecule has 0 aliphatic heterocycles. The summed E-state index contributed by atoms with van der Waals surface area (Å²) >= 11 is 0. The Balaban J connectivity index is 1.94. The summed E-state index contributed by atoms with van der Waals surface area (Å²) in [6, 6.07) is 0.909. The lowest BCUT2D eigenvalue weighted by Gasteiger charge is -2.41. The van der Waals surface area contributed by atoms with Crippen LogP contribution in [0.15, 0.2) is 6.07 Å². The van der Waals surface area contributed by atoms with E-state index in [1.54, 1.807) is 0 Å². The molecule has 2 rings (SSSR count). The second-order valence-corrected chi connectivity index (χ2v) is 13.4. The first-order valence-electron chi connectivity index (χ1n) is 8.88. The molecule has 0 bridgehead atoms. The summed E-state index contributed by atoms with van der Waals surface area (Å²) in [7, 11) is -1.80. The fraction of sp³-hybridized carbons (Fsp3) is 0.824. The van der Waals surface area contributed by atoms with E-state index in [0.717, 1.165) is 36.4 Å². The van der Waals surface area contributed by atoms with Crippen molar-refractivity contribution in [2.24, 2.45) is 5.92 Å². The van der Waals surface area contributed by atoms with Crippen molar-refractivity contribution in [2.45, 2.75) is 83.4 Å². The number of nitrogen functional groups attached to an aromatic ring is 1. The first-order chi connectivity index (χ1) is 11.3. The Morgan fingerprint density at radius 1 is 1.20 bits per heavy atom. The standard InChI is InChI=1S/C17H30F3N3OSi/c1-16(2,3)25(4,5)24-13-8-6-12(7-9-13)11-23-14(17(18,19)20)10-15(21)22-23/h10,12-13H,6-9,11H2,1-5H3,(H2,21,22)/t12-,13+. The van der Waals surface area contributed by atoms with Crippen LogP contribution in [0.3, 0.4) is 0 Å². The van der Waals surface area contributed by atoms with Crippen molar-refractivity contribution in [3.8, 4) is 0 Å². The van der Waals surface area contributed by atoms with Gasteiger partial charge in [0.05, 0.1) is 0 Å². The minimum atomic E-state index is -4.42. The largest absolute Gasteiger partial charge is 0.433 e. The number of nitrogens with two attached hydrogens (primary N) is 1. The Labute approximate surface area is 149 Å². The summed E-state index contributed by atoms with van der Waals surface area (Å²) in [5.74, 6) is 0.0990. The van der Waals surface area contributed by atoms with Crippen LogP contribution in [0.25, 0.3) is 0 Å². The van der Waals surface area contributed by atoms with Crippen LogP contribution < -0.4 is 5.73 Å². The molecule has 0 aromatic carbocycles. The molecule has 0 radical (unpaired) electrons. The van der Waals surface area contributed by atoms with Gasteiger partial charge in [-0.3, -0.25) is 4.68 Å². The van der Waals surface area contributed by atoms with Gasteiger partial charge in [0.15, 0.2) is 8.32 Å². The lowest BCUT2D eigenvalue weighted by molar-refractivity contribution is -0.144. The summed E-state index contributed by atoms with van der Waals surface area (Å²) in [4.78, 5) is 0. The van der Waals surface area contributed by atoms with E-state index in [4.69, 9.17) is 10.2 Å². The summed E-state index contributed by atoms with van der Waals surface area (Å²) < 4.78 is 46.6. The van der Waals surface area contributed by atoms with Crippen molar-refractivity contribution in [1.29, 1.82) is 0 Å². The lowest BCUT2D eigenvalue weighted by atomic mass is 9.87. The molecule has 1 aliphatic carbocycles. The van der Waals surface area contributed by atoms with E-state index in [1.165, 1.54) is 0 Å². The molecule has 0 atom stereocenters. The summed E-state index contributed by atoms with van der Waals surface area (Å²) in [6.07, 6.45) is -0.688. The molecule has 0 spiro atoms. The monoisotopic (exact) mass is 377 g/mol. The fourth-order valence-electron chi connectivity index (χ4n) is 3.07. The Hall–Kier alpha value is -1.02.